The number of ether oxygens (including phenoxy) is 2. The van der Waals surface area contributed by atoms with Crippen molar-refractivity contribution in [3.63, 3.8) is 0 Å². The lowest BCUT2D eigenvalue weighted by Crippen LogP contribution is -2.43. The van der Waals surface area contributed by atoms with Crippen LogP contribution in [0.25, 0.3) is 6.08 Å². The van der Waals surface area contributed by atoms with Crippen molar-refractivity contribution in [2.75, 3.05) is 13.2 Å². The van der Waals surface area contributed by atoms with E-state index in [2.05, 4.69) is 10.1 Å². The zero-order chi connectivity index (χ0) is 28.9. The Morgan fingerprint density at radius 1 is 1.15 bits per heavy atom. The molecule has 214 valence electrons. The van der Waals surface area contributed by atoms with E-state index in [0.29, 0.717) is 5.56 Å². The average molecular weight is 582 g/mol. The van der Waals surface area contributed by atoms with E-state index >= 15 is 0 Å². The predicted molar refractivity (Wildman–Crippen MR) is 141 cm³/mol. The van der Waals surface area contributed by atoms with Crippen molar-refractivity contribution in [3.05, 3.63) is 101 Å². The zero-order valence-electron chi connectivity index (χ0n) is 21.7. The van der Waals surface area contributed by atoms with Crippen molar-refractivity contribution >= 4 is 17.8 Å². The minimum absolute atomic E-state index is 0.0571. The van der Waals surface area contributed by atoms with Crippen molar-refractivity contribution < 1.29 is 36.5 Å². The summed E-state index contributed by atoms with van der Waals surface area (Å²) in [7, 11) is 0. The minimum Gasteiger partial charge on any atom is -0.382 e. The molecule has 2 aromatic carbocycles. The van der Waals surface area contributed by atoms with Gasteiger partial charge in [-0.1, -0.05) is 42.8 Å². The fraction of sp³-hybridized carbons (Fsp3) is 0.357. The number of thioether (sulfide) groups is 1. The van der Waals surface area contributed by atoms with Gasteiger partial charge in [-0.05, 0) is 36.8 Å². The molecular formula is C28H28F5N3O3S. The summed E-state index contributed by atoms with van der Waals surface area (Å²) in [5.41, 5.74) is -1.10. The minimum atomic E-state index is -4.38. The van der Waals surface area contributed by atoms with Crippen LogP contribution in [0.1, 0.15) is 30.5 Å². The molecule has 6 nitrogen and oxygen atoms in total. The SMILES string of the molecule is CC(C=Cc1ccc(C(F)(F)F)cc1)=CC1OCC(S[C@H](C)[C@](O)(Cn2cncn2)c2ccc(F)cc2F)CO1. The first kappa shape index (κ1) is 29.9. The van der Waals surface area contributed by atoms with Crippen molar-refractivity contribution in [3.8, 4) is 0 Å². The second-order valence-electron chi connectivity index (χ2n) is 9.44. The first-order chi connectivity index (χ1) is 18.9. The lowest BCUT2D eigenvalue weighted by molar-refractivity contribution is -0.146. The molecule has 2 atom stereocenters. The van der Waals surface area contributed by atoms with Gasteiger partial charge < -0.3 is 14.6 Å². The summed E-state index contributed by atoms with van der Waals surface area (Å²) in [6.07, 6.45) is 2.89. The third-order valence-electron chi connectivity index (χ3n) is 6.40. The number of allylic oxidation sites excluding steroid dienone is 2. The molecule has 1 saturated heterocycles. The predicted octanol–water partition coefficient (Wildman–Crippen LogP) is 5.99. The topological polar surface area (TPSA) is 69.4 Å². The maximum Gasteiger partial charge on any atom is 0.416 e. The monoisotopic (exact) mass is 581 g/mol. The molecule has 0 spiro atoms. The zero-order valence-corrected chi connectivity index (χ0v) is 22.5. The van der Waals surface area contributed by atoms with Crippen molar-refractivity contribution in [1.82, 2.24) is 14.8 Å². The number of halogens is 5. The number of hydrogen-bond acceptors (Lipinski definition) is 6. The summed E-state index contributed by atoms with van der Waals surface area (Å²) in [6, 6.07) is 7.91. The molecule has 4 rings (SSSR count). The molecule has 2 heterocycles. The number of benzene rings is 2. The summed E-state index contributed by atoms with van der Waals surface area (Å²) in [5.74, 6) is -1.61. The van der Waals surface area contributed by atoms with E-state index in [1.165, 1.54) is 47.3 Å². The number of hydrogen-bond donors (Lipinski definition) is 1. The van der Waals surface area contributed by atoms with Gasteiger partial charge in [0.1, 0.15) is 29.9 Å². The molecule has 0 unspecified atom stereocenters. The van der Waals surface area contributed by atoms with E-state index in [1.54, 1.807) is 25.2 Å². The van der Waals surface area contributed by atoms with Gasteiger partial charge in [0.2, 0.25) is 0 Å². The molecule has 0 aliphatic carbocycles. The molecule has 3 aromatic rings. The second kappa shape index (κ2) is 12.6. The summed E-state index contributed by atoms with van der Waals surface area (Å²) in [6.45, 7) is 4.03. The van der Waals surface area contributed by atoms with Gasteiger partial charge in [-0.15, -0.1) is 11.8 Å². The van der Waals surface area contributed by atoms with E-state index in [-0.39, 0.29) is 30.6 Å². The number of nitrogens with zero attached hydrogens (tertiary/aromatic N) is 3. The van der Waals surface area contributed by atoms with Gasteiger partial charge in [-0.25, -0.2) is 18.4 Å². The number of aromatic nitrogens is 3. The third kappa shape index (κ3) is 7.57. The molecule has 40 heavy (non-hydrogen) atoms. The van der Waals surface area contributed by atoms with Gasteiger partial charge >= 0.3 is 6.18 Å². The lowest BCUT2D eigenvalue weighted by Gasteiger charge is -2.37. The standard InChI is InChI=1S/C28H28F5N3O3S/c1-18(3-4-20-5-7-21(8-6-20)28(31,32)33)11-26-38-13-23(14-39-26)40-19(2)27(37,15-36-17-34-16-35-36)24-10-9-22(29)12-25(24)30/h3-12,16-17,19,23,26,37H,13-15H2,1-2H3/t19-,23?,26?,27-/m1/s1. The van der Waals surface area contributed by atoms with Crippen LogP contribution in [0.3, 0.4) is 0 Å². The van der Waals surface area contributed by atoms with Gasteiger partial charge in [-0.3, -0.25) is 0 Å². The van der Waals surface area contributed by atoms with Crippen LogP contribution >= 0.6 is 11.8 Å². The van der Waals surface area contributed by atoms with Crippen molar-refractivity contribution in [1.29, 1.82) is 0 Å². The van der Waals surface area contributed by atoms with Crippen molar-refractivity contribution in [2.45, 2.75) is 49.0 Å². The quantitative estimate of drug-likeness (QED) is 0.248. The first-order valence-corrected chi connectivity index (χ1v) is 13.3. The molecule has 0 amide bonds. The molecule has 0 saturated carbocycles. The van der Waals surface area contributed by atoms with Crippen LogP contribution in [-0.2, 0) is 27.8 Å². The summed E-state index contributed by atoms with van der Waals surface area (Å²) < 4.78 is 79.5. The Balaban J connectivity index is 1.36. The van der Waals surface area contributed by atoms with Crippen LogP contribution in [0.2, 0.25) is 0 Å². The molecule has 0 radical (unpaired) electrons. The van der Waals surface area contributed by atoms with Gasteiger partial charge in [0, 0.05) is 16.9 Å². The highest BCUT2D eigenvalue weighted by Crippen LogP contribution is 2.38. The summed E-state index contributed by atoms with van der Waals surface area (Å²) >= 11 is 1.35. The van der Waals surface area contributed by atoms with E-state index in [1.807, 2.05) is 6.92 Å². The van der Waals surface area contributed by atoms with Crippen LogP contribution in [-0.4, -0.2) is 49.9 Å². The smallest absolute Gasteiger partial charge is 0.382 e. The van der Waals surface area contributed by atoms with Gasteiger partial charge in [0.25, 0.3) is 0 Å². The first-order valence-electron chi connectivity index (χ1n) is 12.4. The molecule has 1 aliphatic heterocycles. The molecular weight excluding hydrogens is 553 g/mol. The second-order valence-corrected chi connectivity index (χ2v) is 11.1. The van der Waals surface area contributed by atoms with Gasteiger partial charge in [0.05, 0.1) is 30.6 Å². The lowest BCUT2D eigenvalue weighted by atomic mass is 9.90. The van der Waals surface area contributed by atoms with Crippen LogP contribution < -0.4 is 0 Å². The number of rotatable bonds is 9. The summed E-state index contributed by atoms with van der Waals surface area (Å²) in [4.78, 5) is 3.87. The Morgan fingerprint density at radius 2 is 1.85 bits per heavy atom. The van der Waals surface area contributed by atoms with E-state index < -0.39 is 40.5 Å². The Hall–Kier alpha value is -3.06. The Kier molecular flexibility index (Phi) is 9.44. The largest absolute Gasteiger partial charge is 0.416 e. The highest BCUT2D eigenvalue weighted by Gasteiger charge is 2.41. The fourth-order valence-electron chi connectivity index (χ4n) is 4.19. The number of aliphatic hydroxyl groups is 1. The average Bonchev–Trinajstić information content (AvgIpc) is 3.41. The normalized spacial score (nSPS) is 20.9. The Bertz CT molecular complexity index is 1320. The highest BCUT2D eigenvalue weighted by molar-refractivity contribution is 8.00. The van der Waals surface area contributed by atoms with Crippen molar-refractivity contribution in [2.24, 2.45) is 0 Å². The highest BCUT2D eigenvalue weighted by atomic mass is 32.2. The van der Waals surface area contributed by atoms with Crippen LogP contribution in [0.4, 0.5) is 22.0 Å². The van der Waals surface area contributed by atoms with E-state index in [9.17, 15) is 27.1 Å². The maximum absolute atomic E-state index is 14.8. The van der Waals surface area contributed by atoms with Crippen LogP contribution in [0.15, 0.2) is 72.8 Å². The molecule has 1 fully saturated rings. The van der Waals surface area contributed by atoms with Gasteiger partial charge in [-0.2, -0.15) is 18.3 Å². The van der Waals surface area contributed by atoms with Crippen LogP contribution in [0.5, 0.6) is 0 Å². The third-order valence-corrected chi connectivity index (χ3v) is 7.86. The molecule has 1 aromatic heterocycles. The molecule has 1 aliphatic rings. The Labute approximate surface area is 232 Å². The molecule has 1 N–H and O–H groups in total. The number of alkyl halides is 3. The Morgan fingerprint density at radius 3 is 2.45 bits per heavy atom. The maximum atomic E-state index is 14.8. The molecule has 0 bridgehead atoms. The fourth-order valence-corrected chi connectivity index (χ4v) is 5.51. The van der Waals surface area contributed by atoms with E-state index in [0.717, 1.165) is 29.8 Å². The molecule has 12 heteroatoms. The summed E-state index contributed by atoms with van der Waals surface area (Å²) in [5, 5.41) is 14.9. The van der Waals surface area contributed by atoms with E-state index in [4.69, 9.17) is 9.47 Å². The van der Waals surface area contributed by atoms with Gasteiger partial charge in [0.15, 0.2) is 6.29 Å². The van der Waals surface area contributed by atoms with Crippen LogP contribution in [0, 0.1) is 11.6 Å².